The molecule has 0 unspecified atom stereocenters. The number of aliphatic hydroxyl groups is 1. The Balaban J connectivity index is 3.90. The van der Waals surface area contributed by atoms with Gasteiger partial charge in [0.25, 0.3) is 0 Å². The SMILES string of the molecule is CC(C)(CO)COC(=O)C=C(S)S. The number of carbonyl (C=O) groups excluding carboxylic acids is 1. The van der Waals surface area contributed by atoms with Crippen LogP contribution in [-0.4, -0.2) is 24.3 Å². The lowest BCUT2D eigenvalue weighted by Crippen LogP contribution is -2.25. The maximum atomic E-state index is 10.9. The Morgan fingerprint density at radius 2 is 2.08 bits per heavy atom. The normalized spacial score (nSPS) is 10.8. The highest BCUT2D eigenvalue weighted by Crippen LogP contribution is 2.14. The number of hydrogen-bond donors (Lipinski definition) is 3. The fourth-order valence-corrected chi connectivity index (χ4v) is 0.670. The molecule has 0 rings (SSSR count). The minimum Gasteiger partial charge on any atom is -0.462 e. The molecule has 0 saturated carbocycles. The first-order valence-corrected chi connectivity index (χ1v) is 4.64. The zero-order valence-electron chi connectivity index (χ0n) is 7.65. The van der Waals surface area contributed by atoms with Crippen molar-refractivity contribution in [2.75, 3.05) is 13.2 Å². The standard InChI is InChI=1S/C8H14O3S2/c1-8(2,4-9)5-11-6(10)3-7(12)13/h3,9,12-13H,4-5H2,1-2H3. The molecule has 0 amide bonds. The Hall–Kier alpha value is -0.130. The quantitative estimate of drug-likeness (QED) is 0.381. The minimum absolute atomic E-state index is 0.0292. The van der Waals surface area contributed by atoms with Crippen LogP contribution in [0.4, 0.5) is 0 Å². The average Bonchev–Trinajstić information content (AvgIpc) is 2.00. The van der Waals surface area contributed by atoms with Crippen molar-refractivity contribution in [3.05, 3.63) is 10.3 Å². The molecule has 0 radical (unpaired) electrons. The van der Waals surface area contributed by atoms with E-state index in [0.717, 1.165) is 0 Å². The molecule has 1 N–H and O–H groups in total. The third kappa shape index (κ3) is 6.98. The van der Waals surface area contributed by atoms with Crippen molar-refractivity contribution in [2.24, 2.45) is 5.41 Å². The zero-order chi connectivity index (χ0) is 10.5. The monoisotopic (exact) mass is 222 g/mol. The van der Waals surface area contributed by atoms with E-state index in [1.54, 1.807) is 13.8 Å². The number of carbonyl (C=O) groups is 1. The Bertz CT molecular complexity index is 207. The van der Waals surface area contributed by atoms with E-state index in [-0.39, 0.29) is 13.2 Å². The van der Waals surface area contributed by atoms with Gasteiger partial charge in [-0.25, -0.2) is 4.79 Å². The fourth-order valence-electron chi connectivity index (χ4n) is 0.459. The highest BCUT2D eigenvalue weighted by atomic mass is 32.2. The van der Waals surface area contributed by atoms with Gasteiger partial charge in [0.1, 0.15) is 0 Å². The van der Waals surface area contributed by atoms with Crippen LogP contribution < -0.4 is 0 Å². The summed E-state index contributed by atoms with van der Waals surface area (Å²) in [5, 5.41) is 8.85. The molecular formula is C8H14O3S2. The van der Waals surface area contributed by atoms with Gasteiger partial charge in [0, 0.05) is 15.7 Å². The second-order valence-electron chi connectivity index (χ2n) is 3.43. The van der Waals surface area contributed by atoms with Gasteiger partial charge in [0.05, 0.1) is 13.2 Å². The van der Waals surface area contributed by atoms with Crippen LogP contribution in [0.2, 0.25) is 0 Å². The number of thiol groups is 2. The molecule has 3 nitrogen and oxygen atoms in total. The summed E-state index contributed by atoms with van der Waals surface area (Å²) in [5.41, 5.74) is -0.406. The third-order valence-electron chi connectivity index (χ3n) is 1.28. The summed E-state index contributed by atoms with van der Waals surface area (Å²) in [6.45, 7) is 3.74. The highest BCUT2D eigenvalue weighted by molar-refractivity contribution is 8.05. The van der Waals surface area contributed by atoms with Gasteiger partial charge >= 0.3 is 5.97 Å². The fraction of sp³-hybridized carbons (Fsp3) is 0.625. The van der Waals surface area contributed by atoms with Gasteiger partial charge in [0.15, 0.2) is 0 Å². The number of aliphatic hydroxyl groups excluding tert-OH is 1. The molecule has 0 bridgehead atoms. The maximum Gasteiger partial charge on any atom is 0.332 e. The molecule has 0 saturated heterocycles. The molecule has 0 aromatic carbocycles. The van der Waals surface area contributed by atoms with Crippen molar-refractivity contribution >= 4 is 31.2 Å². The minimum atomic E-state index is -0.499. The van der Waals surface area contributed by atoms with Crippen LogP contribution in [0.1, 0.15) is 13.8 Å². The zero-order valence-corrected chi connectivity index (χ0v) is 9.44. The smallest absolute Gasteiger partial charge is 0.332 e. The van der Waals surface area contributed by atoms with Gasteiger partial charge in [0.2, 0.25) is 0 Å². The first-order valence-electron chi connectivity index (χ1n) is 3.74. The van der Waals surface area contributed by atoms with Gasteiger partial charge in [-0.05, 0) is 0 Å². The molecule has 0 heterocycles. The highest BCUT2D eigenvalue weighted by Gasteiger charge is 2.18. The molecule has 0 aromatic rings. The Morgan fingerprint density at radius 3 is 2.46 bits per heavy atom. The topological polar surface area (TPSA) is 46.5 Å². The van der Waals surface area contributed by atoms with E-state index in [9.17, 15) is 4.79 Å². The predicted molar refractivity (Wildman–Crippen MR) is 57.9 cm³/mol. The summed E-state index contributed by atoms with van der Waals surface area (Å²) in [6, 6.07) is 0. The molecule has 0 atom stereocenters. The molecule has 0 aliphatic rings. The molecule has 13 heavy (non-hydrogen) atoms. The van der Waals surface area contributed by atoms with Gasteiger partial charge in [-0.3, -0.25) is 0 Å². The van der Waals surface area contributed by atoms with E-state index in [1.165, 1.54) is 6.08 Å². The van der Waals surface area contributed by atoms with Gasteiger partial charge < -0.3 is 9.84 Å². The lowest BCUT2D eigenvalue weighted by atomic mass is 9.97. The van der Waals surface area contributed by atoms with Gasteiger partial charge in [-0.1, -0.05) is 13.8 Å². The first-order chi connectivity index (χ1) is 5.87. The lowest BCUT2D eigenvalue weighted by Gasteiger charge is -2.20. The average molecular weight is 222 g/mol. The molecule has 0 fully saturated rings. The summed E-state index contributed by atoms with van der Waals surface area (Å²) < 4.78 is 5.13. The van der Waals surface area contributed by atoms with Gasteiger partial charge in [-0.15, -0.1) is 25.3 Å². The summed E-state index contributed by atoms with van der Waals surface area (Å²) in [6.07, 6.45) is 1.17. The summed E-state index contributed by atoms with van der Waals surface area (Å²) in [5.74, 6) is -0.499. The van der Waals surface area contributed by atoms with E-state index >= 15 is 0 Å². The molecular weight excluding hydrogens is 208 g/mol. The van der Waals surface area contributed by atoms with E-state index in [0.29, 0.717) is 4.24 Å². The second-order valence-corrected chi connectivity index (χ2v) is 4.75. The first kappa shape index (κ1) is 12.9. The summed E-state index contributed by atoms with van der Waals surface area (Å²) in [7, 11) is 0. The number of rotatable bonds is 4. The van der Waals surface area contributed by atoms with Crippen LogP contribution >= 0.6 is 25.3 Å². The Morgan fingerprint density at radius 1 is 1.54 bits per heavy atom. The van der Waals surface area contributed by atoms with Crippen molar-refractivity contribution in [3.8, 4) is 0 Å². The maximum absolute atomic E-state index is 10.9. The van der Waals surface area contributed by atoms with Crippen molar-refractivity contribution in [3.63, 3.8) is 0 Å². The Labute approximate surface area is 89.0 Å². The van der Waals surface area contributed by atoms with Crippen LogP contribution in [0.25, 0.3) is 0 Å². The van der Waals surface area contributed by atoms with Crippen LogP contribution in [-0.2, 0) is 9.53 Å². The molecule has 76 valence electrons. The number of hydrogen-bond acceptors (Lipinski definition) is 5. The van der Waals surface area contributed by atoms with Crippen LogP contribution in [0, 0.1) is 5.41 Å². The van der Waals surface area contributed by atoms with Crippen molar-refractivity contribution in [1.29, 1.82) is 0 Å². The lowest BCUT2D eigenvalue weighted by molar-refractivity contribution is -0.141. The van der Waals surface area contributed by atoms with Crippen LogP contribution in [0.5, 0.6) is 0 Å². The number of ether oxygens (including phenoxy) is 1. The molecule has 0 aliphatic heterocycles. The van der Waals surface area contributed by atoms with Crippen LogP contribution in [0.3, 0.4) is 0 Å². The largest absolute Gasteiger partial charge is 0.462 e. The third-order valence-corrected chi connectivity index (χ3v) is 1.54. The molecule has 0 spiro atoms. The van der Waals surface area contributed by atoms with Crippen molar-refractivity contribution in [2.45, 2.75) is 13.8 Å². The molecule has 0 aliphatic carbocycles. The van der Waals surface area contributed by atoms with Gasteiger partial charge in [-0.2, -0.15) is 0 Å². The predicted octanol–water partition coefficient (Wildman–Crippen LogP) is 1.25. The van der Waals surface area contributed by atoms with E-state index in [1.807, 2.05) is 0 Å². The molecule has 5 heteroatoms. The summed E-state index contributed by atoms with van der Waals surface area (Å²) in [4.78, 5) is 10.9. The van der Waals surface area contributed by atoms with Crippen molar-refractivity contribution < 1.29 is 14.6 Å². The molecule has 0 aromatic heterocycles. The van der Waals surface area contributed by atoms with E-state index in [4.69, 9.17) is 9.84 Å². The number of esters is 1. The Kier molecular flexibility index (Phi) is 5.51. The summed E-state index contributed by atoms with van der Waals surface area (Å²) >= 11 is 7.60. The van der Waals surface area contributed by atoms with Crippen LogP contribution in [0.15, 0.2) is 10.3 Å². The van der Waals surface area contributed by atoms with E-state index in [2.05, 4.69) is 25.3 Å². The second kappa shape index (κ2) is 5.57. The van der Waals surface area contributed by atoms with Crippen molar-refractivity contribution in [1.82, 2.24) is 0 Å². The van der Waals surface area contributed by atoms with E-state index < -0.39 is 11.4 Å².